The van der Waals surface area contributed by atoms with E-state index in [9.17, 15) is 19.7 Å². The number of furan rings is 1. The number of benzene rings is 2. The molecule has 0 spiro atoms. The summed E-state index contributed by atoms with van der Waals surface area (Å²) >= 11 is 5.86. The van der Waals surface area contributed by atoms with Crippen molar-refractivity contribution in [2.24, 2.45) is 0 Å². The van der Waals surface area contributed by atoms with Gasteiger partial charge in [-0.2, -0.15) is 0 Å². The lowest BCUT2D eigenvalue weighted by Gasteiger charge is -2.14. The Hall–Kier alpha value is -3.91. The van der Waals surface area contributed by atoms with Gasteiger partial charge in [-0.15, -0.1) is 0 Å². The number of hydrogen-bond acceptors (Lipinski definition) is 5. The van der Waals surface area contributed by atoms with Crippen LogP contribution in [-0.4, -0.2) is 16.7 Å². The summed E-state index contributed by atoms with van der Waals surface area (Å²) in [7, 11) is 0. The van der Waals surface area contributed by atoms with E-state index in [4.69, 9.17) is 16.0 Å². The summed E-state index contributed by atoms with van der Waals surface area (Å²) in [4.78, 5) is 35.5. The summed E-state index contributed by atoms with van der Waals surface area (Å²) in [6, 6.07) is 14.1. The molecular weight excluding hydrogens is 410 g/mol. The van der Waals surface area contributed by atoms with Crippen LogP contribution in [0.5, 0.6) is 0 Å². The van der Waals surface area contributed by atoms with Gasteiger partial charge < -0.3 is 4.42 Å². The number of non-ortho nitro benzene ring substituents is 1. The maximum absolute atomic E-state index is 12.7. The number of anilines is 1. The van der Waals surface area contributed by atoms with Gasteiger partial charge in [0.05, 0.1) is 10.6 Å². The van der Waals surface area contributed by atoms with Gasteiger partial charge in [-0.25, -0.2) is 5.01 Å². The SMILES string of the molecule is Cc1ccc([N+](=O)[O-])cc1-c1ccc(/C=C2\C(=O)NN(c3ccc(Cl)cc3)C2=O)o1. The van der Waals surface area contributed by atoms with E-state index < -0.39 is 16.7 Å². The van der Waals surface area contributed by atoms with E-state index in [1.54, 1.807) is 49.4 Å². The lowest BCUT2D eigenvalue weighted by atomic mass is 10.1. The summed E-state index contributed by atoms with van der Waals surface area (Å²) in [6.07, 6.45) is 1.34. The molecule has 1 fully saturated rings. The molecule has 4 rings (SSSR count). The van der Waals surface area contributed by atoms with Crippen LogP contribution in [0.15, 0.2) is 64.6 Å². The van der Waals surface area contributed by atoms with Crippen LogP contribution in [0.1, 0.15) is 11.3 Å². The van der Waals surface area contributed by atoms with Crippen molar-refractivity contribution >= 4 is 40.9 Å². The number of nitrogens with one attached hydrogen (secondary N) is 1. The molecule has 1 aromatic heterocycles. The maximum atomic E-state index is 12.7. The van der Waals surface area contributed by atoms with Crippen molar-refractivity contribution in [1.29, 1.82) is 0 Å². The third-order valence-electron chi connectivity index (χ3n) is 4.59. The van der Waals surface area contributed by atoms with Crippen molar-refractivity contribution < 1.29 is 18.9 Å². The first kappa shape index (κ1) is 19.4. The van der Waals surface area contributed by atoms with E-state index in [0.29, 0.717) is 22.0 Å². The smallest absolute Gasteiger partial charge is 0.282 e. The van der Waals surface area contributed by atoms with Crippen LogP contribution < -0.4 is 10.4 Å². The monoisotopic (exact) mass is 423 g/mol. The summed E-state index contributed by atoms with van der Waals surface area (Å²) in [6.45, 7) is 1.80. The Morgan fingerprint density at radius 2 is 1.83 bits per heavy atom. The van der Waals surface area contributed by atoms with Crippen LogP contribution in [0, 0.1) is 17.0 Å². The van der Waals surface area contributed by atoms with Gasteiger partial charge in [0.25, 0.3) is 17.5 Å². The van der Waals surface area contributed by atoms with E-state index in [1.807, 2.05) is 0 Å². The van der Waals surface area contributed by atoms with Gasteiger partial charge >= 0.3 is 0 Å². The molecule has 1 N–H and O–H groups in total. The number of carbonyl (C=O) groups is 2. The number of nitro benzene ring substituents is 1. The third-order valence-corrected chi connectivity index (χ3v) is 4.84. The fourth-order valence-electron chi connectivity index (χ4n) is 3.04. The summed E-state index contributed by atoms with van der Waals surface area (Å²) < 4.78 is 5.73. The van der Waals surface area contributed by atoms with Gasteiger partial charge in [0, 0.05) is 22.7 Å². The van der Waals surface area contributed by atoms with Crippen LogP contribution >= 0.6 is 11.6 Å². The van der Waals surface area contributed by atoms with Gasteiger partial charge in [0.1, 0.15) is 17.1 Å². The number of halogens is 1. The fourth-order valence-corrected chi connectivity index (χ4v) is 3.16. The highest BCUT2D eigenvalue weighted by molar-refractivity contribution is 6.32. The van der Waals surface area contributed by atoms with E-state index in [1.165, 1.54) is 18.2 Å². The molecule has 2 heterocycles. The Bertz CT molecular complexity index is 1210. The molecule has 0 atom stereocenters. The molecule has 0 radical (unpaired) electrons. The van der Waals surface area contributed by atoms with Crippen molar-refractivity contribution in [3.05, 3.63) is 86.6 Å². The second kappa shape index (κ2) is 7.49. The highest BCUT2D eigenvalue weighted by atomic mass is 35.5. The van der Waals surface area contributed by atoms with Gasteiger partial charge in [-0.3, -0.25) is 25.1 Å². The number of nitro groups is 1. The Balaban J connectivity index is 1.64. The molecule has 0 saturated carbocycles. The molecule has 3 aromatic rings. The quantitative estimate of drug-likeness (QED) is 0.292. The summed E-state index contributed by atoms with van der Waals surface area (Å²) in [5.74, 6) is -0.443. The second-order valence-corrected chi connectivity index (χ2v) is 7.01. The van der Waals surface area contributed by atoms with Crippen LogP contribution in [0.3, 0.4) is 0 Å². The number of aryl methyl sites for hydroxylation is 1. The molecule has 8 nitrogen and oxygen atoms in total. The first-order valence-electron chi connectivity index (χ1n) is 8.81. The average molecular weight is 424 g/mol. The zero-order valence-electron chi connectivity index (χ0n) is 15.6. The van der Waals surface area contributed by atoms with Crippen molar-refractivity contribution in [3.8, 4) is 11.3 Å². The molecule has 30 heavy (non-hydrogen) atoms. The standard InChI is InChI=1S/C21H14ClN3O5/c1-12-2-5-15(25(28)29)10-17(12)19-9-8-16(30-19)11-18-20(26)23-24(21(18)27)14-6-3-13(22)4-7-14/h2-11H,1H3,(H,23,26)/b18-11+. The first-order valence-corrected chi connectivity index (χ1v) is 9.19. The van der Waals surface area contributed by atoms with E-state index in [0.717, 1.165) is 10.6 Å². The summed E-state index contributed by atoms with van der Waals surface area (Å²) in [5, 5.41) is 12.7. The zero-order valence-corrected chi connectivity index (χ0v) is 16.3. The normalized spacial score (nSPS) is 15.0. The lowest BCUT2D eigenvalue weighted by molar-refractivity contribution is -0.384. The van der Waals surface area contributed by atoms with Gasteiger partial charge in [0.15, 0.2) is 0 Å². The summed E-state index contributed by atoms with van der Waals surface area (Å²) in [5.41, 5.74) is 4.15. The third kappa shape index (κ3) is 3.56. The maximum Gasteiger partial charge on any atom is 0.282 e. The molecule has 1 saturated heterocycles. The van der Waals surface area contributed by atoms with Crippen molar-refractivity contribution in [3.63, 3.8) is 0 Å². The molecule has 0 bridgehead atoms. The van der Waals surface area contributed by atoms with Gasteiger partial charge in [-0.05, 0) is 55.0 Å². The van der Waals surface area contributed by atoms with Crippen molar-refractivity contribution in [2.45, 2.75) is 6.92 Å². The topological polar surface area (TPSA) is 106 Å². The second-order valence-electron chi connectivity index (χ2n) is 6.57. The van der Waals surface area contributed by atoms with Crippen LogP contribution in [0.25, 0.3) is 17.4 Å². The Morgan fingerprint density at radius 1 is 1.10 bits per heavy atom. The first-order chi connectivity index (χ1) is 14.3. The highest BCUT2D eigenvalue weighted by Crippen LogP contribution is 2.30. The molecule has 1 aliphatic rings. The number of hydrogen-bond donors (Lipinski definition) is 1. The molecule has 1 aliphatic heterocycles. The molecule has 2 amide bonds. The predicted octanol–water partition coefficient (Wildman–Crippen LogP) is 4.28. The molecule has 150 valence electrons. The predicted molar refractivity (Wildman–Crippen MR) is 111 cm³/mol. The van der Waals surface area contributed by atoms with Crippen molar-refractivity contribution in [1.82, 2.24) is 5.43 Å². The number of nitrogens with zero attached hydrogens (tertiary/aromatic N) is 2. The Kier molecular flexibility index (Phi) is 4.85. The Labute approximate surface area is 175 Å². The van der Waals surface area contributed by atoms with Gasteiger partial charge in [0.2, 0.25) is 0 Å². The van der Waals surface area contributed by atoms with Crippen LogP contribution in [0.2, 0.25) is 5.02 Å². The van der Waals surface area contributed by atoms with Gasteiger partial charge in [-0.1, -0.05) is 17.7 Å². The van der Waals surface area contributed by atoms with Crippen molar-refractivity contribution in [2.75, 3.05) is 5.01 Å². The number of amides is 2. The minimum Gasteiger partial charge on any atom is -0.457 e. The lowest BCUT2D eigenvalue weighted by Crippen LogP contribution is -2.35. The largest absolute Gasteiger partial charge is 0.457 e. The molecule has 0 unspecified atom stereocenters. The number of rotatable bonds is 4. The molecule has 9 heteroatoms. The molecule has 2 aromatic carbocycles. The van der Waals surface area contributed by atoms with E-state index in [2.05, 4.69) is 5.43 Å². The van der Waals surface area contributed by atoms with Crippen LogP contribution in [0.4, 0.5) is 11.4 Å². The molecule has 0 aliphatic carbocycles. The minimum atomic E-state index is -0.570. The minimum absolute atomic E-state index is 0.0594. The van der Waals surface area contributed by atoms with E-state index >= 15 is 0 Å². The zero-order chi connectivity index (χ0) is 21.4. The average Bonchev–Trinajstić information content (AvgIpc) is 3.29. The number of carbonyl (C=O) groups excluding carboxylic acids is 2. The van der Waals surface area contributed by atoms with Crippen LogP contribution in [-0.2, 0) is 9.59 Å². The molecular formula is C21H14ClN3O5. The highest BCUT2D eigenvalue weighted by Gasteiger charge is 2.34. The fraction of sp³-hybridized carbons (Fsp3) is 0.0476. The Morgan fingerprint density at radius 3 is 2.53 bits per heavy atom. The number of hydrazine groups is 1. The van der Waals surface area contributed by atoms with E-state index in [-0.39, 0.29) is 17.0 Å².